The first-order valence-corrected chi connectivity index (χ1v) is 6.91. The SMILES string of the molecule is CCNC(CCN1CCCC1)c1ccccc1. The molecule has 0 spiro atoms. The van der Waals surface area contributed by atoms with Crippen molar-refractivity contribution in [3.63, 3.8) is 0 Å². The van der Waals surface area contributed by atoms with E-state index >= 15 is 0 Å². The Bertz CT molecular complexity index is 304. The van der Waals surface area contributed by atoms with Crippen molar-refractivity contribution in [1.82, 2.24) is 10.2 Å². The molecule has 0 aliphatic carbocycles. The van der Waals surface area contributed by atoms with Crippen molar-refractivity contribution in [3.05, 3.63) is 35.9 Å². The number of likely N-dealkylation sites (tertiary alicyclic amines) is 1. The van der Waals surface area contributed by atoms with Gasteiger partial charge in [0.05, 0.1) is 0 Å². The second-order valence-electron chi connectivity index (χ2n) is 4.86. The Balaban J connectivity index is 1.88. The molecule has 1 aliphatic rings. The lowest BCUT2D eigenvalue weighted by Crippen LogP contribution is -2.27. The first-order chi connectivity index (χ1) is 8.40. The zero-order valence-corrected chi connectivity index (χ0v) is 10.9. The zero-order valence-electron chi connectivity index (χ0n) is 10.9. The fraction of sp³-hybridized carbons (Fsp3) is 0.600. The molecule has 2 nitrogen and oxygen atoms in total. The largest absolute Gasteiger partial charge is 0.310 e. The normalized spacial score (nSPS) is 18.4. The van der Waals surface area contributed by atoms with Gasteiger partial charge in [-0.15, -0.1) is 0 Å². The van der Waals surface area contributed by atoms with Gasteiger partial charge in [-0.2, -0.15) is 0 Å². The van der Waals surface area contributed by atoms with Crippen LogP contribution in [-0.4, -0.2) is 31.1 Å². The van der Waals surface area contributed by atoms with Gasteiger partial charge in [0.1, 0.15) is 0 Å². The van der Waals surface area contributed by atoms with E-state index in [2.05, 4.69) is 47.5 Å². The van der Waals surface area contributed by atoms with Gasteiger partial charge in [-0.05, 0) is 51.0 Å². The zero-order chi connectivity index (χ0) is 11.9. The molecule has 1 aromatic rings. The summed E-state index contributed by atoms with van der Waals surface area (Å²) in [5, 5.41) is 3.60. The van der Waals surface area contributed by atoms with Crippen molar-refractivity contribution in [2.75, 3.05) is 26.2 Å². The molecule has 2 rings (SSSR count). The van der Waals surface area contributed by atoms with E-state index in [4.69, 9.17) is 0 Å². The molecule has 0 amide bonds. The van der Waals surface area contributed by atoms with E-state index in [1.165, 1.54) is 44.5 Å². The molecular weight excluding hydrogens is 208 g/mol. The van der Waals surface area contributed by atoms with Gasteiger partial charge in [-0.1, -0.05) is 37.3 Å². The lowest BCUT2D eigenvalue weighted by Gasteiger charge is -2.22. The first-order valence-electron chi connectivity index (χ1n) is 6.91. The van der Waals surface area contributed by atoms with Crippen LogP contribution in [-0.2, 0) is 0 Å². The Kier molecular flexibility index (Phi) is 5.02. The van der Waals surface area contributed by atoms with Crippen molar-refractivity contribution >= 4 is 0 Å². The number of nitrogens with zero attached hydrogens (tertiary/aromatic N) is 1. The molecule has 1 aliphatic heterocycles. The summed E-state index contributed by atoms with van der Waals surface area (Å²) in [6, 6.07) is 11.3. The van der Waals surface area contributed by atoms with Gasteiger partial charge in [-0.25, -0.2) is 0 Å². The second-order valence-corrected chi connectivity index (χ2v) is 4.86. The lowest BCUT2D eigenvalue weighted by molar-refractivity contribution is 0.311. The second kappa shape index (κ2) is 6.77. The maximum Gasteiger partial charge on any atom is 0.0332 e. The molecule has 1 atom stereocenters. The standard InChI is InChI=1S/C15H24N2/c1-2-16-15(14-8-4-3-5-9-14)10-13-17-11-6-7-12-17/h3-5,8-9,15-16H,2,6-7,10-13H2,1H3. The van der Waals surface area contributed by atoms with Crippen LogP contribution in [0, 0.1) is 0 Å². The summed E-state index contributed by atoms with van der Waals surface area (Å²) in [6.45, 7) is 7.05. The Morgan fingerprint density at radius 3 is 2.53 bits per heavy atom. The number of rotatable bonds is 6. The topological polar surface area (TPSA) is 15.3 Å². The van der Waals surface area contributed by atoms with Gasteiger partial charge in [0.15, 0.2) is 0 Å². The van der Waals surface area contributed by atoms with Gasteiger partial charge in [-0.3, -0.25) is 0 Å². The third-order valence-electron chi connectivity index (χ3n) is 3.59. The number of hydrogen-bond donors (Lipinski definition) is 1. The number of nitrogens with one attached hydrogen (secondary N) is 1. The fourth-order valence-electron chi connectivity index (χ4n) is 2.64. The molecule has 2 heteroatoms. The Labute approximate surface area is 105 Å². The van der Waals surface area contributed by atoms with Gasteiger partial charge >= 0.3 is 0 Å². The molecule has 1 N–H and O–H groups in total. The smallest absolute Gasteiger partial charge is 0.0332 e. The summed E-state index contributed by atoms with van der Waals surface area (Å²) in [4.78, 5) is 2.59. The van der Waals surface area contributed by atoms with Crippen LogP contribution in [0.3, 0.4) is 0 Å². The number of hydrogen-bond acceptors (Lipinski definition) is 2. The third-order valence-corrected chi connectivity index (χ3v) is 3.59. The van der Waals surface area contributed by atoms with E-state index in [1.54, 1.807) is 0 Å². The summed E-state index contributed by atoms with van der Waals surface area (Å²) >= 11 is 0. The van der Waals surface area contributed by atoms with E-state index < -0.39 is 0 Å². The highest BCUT2D eigenvalue weighted by atomic mass is 15.1. The van der Waals surface area contributed by atoms with Crippen LogP contribution >= 0.6 is 0 Å². The molecule has 17 heavy (non-hydrogen) atoms. The van der Waals surface area contributed by atoms with E-state index in [0.29, 0.717) is 6.04 Å². The molecular formula is C15H24N2. The van der Waals surface area contributed by atoms with Crippen molar-refractivity contribution in [1.29, 1.82) is 0 Å². The van der Waals surface area contributed by atoms with Crippen LogP contribution in [0.2, 0.25) is 0 Å². The van der Waals surface area contributed by atoms with Crippen LogP contribution in [0.1, 0.15) is 37.8 Å². The molecule has 0 bridgehead atoms. The average Bonchev–Trinajstić information content (AvgIpc) is 2.88. The van der Waals surface area contributed by atoms with Gasteiger partial charge < -0.3 is 10.2 Å². The highest BCUT2D eigenvalue weighted by molar-refractivity contribution is 5.18. The average molecular weight is 232 g/mol. The van der Waals surface area contributed by atoms with Crippen LogP contribution in [0.25, 0.3) is 0 Å². The Hall–Kier alpha value is -0.860. The van der Waals surface area contributed by atoms with E-state index in [0.717, 1.165) is 6.54 Å². The molecule has 1 unspecified atom stereocenters. The molecule has 0 aromatic heterocycles. The predicted molar refractivity (Wildman–Crippen MR) is 73.2 cm³/mol. The van der Waals surface area contributed by atoms with Crippen LogP contribution < -0.4 is 5.32 Å². The summed E-state index contributed by atoms with van der Waals surface area (Å²) in [5.74, 6) is 0. The van der Waals surface area contributed by atoms with Crippen LogP contribution in [0.4, 0.5) is 0 Å². The van der Waals surface area contributed by atoms with Gasteiger partial charge in [0.2, 0.25) is 0 Å². The summed E-state index contributed by atoms with van der Waals surface area (Å²) < 4.78 is 0. The molecule has 1 saturated heterocycles. The van der Waals surface area contributed by atoms with Gasteiger partial charge in [0.25, 0.3) is 0 Å². The molecule has 0 radical (unpaired) electrons. The van der Waals surface area contributed by atoms with Crippen molar-refractivity contribution < 1.29 is 0 Å². The minimum atomic E-state index is 0.516. The maximum absolute atomic E-state index is 3.60. The van der Waals surface area contributed by atoms with Crippen molar-refractivity contribution in [2.45, 2.75) is 32.2 Å². The minimum Gasteiger partial charge on any atom is -0.310 e. The molecule has 0 saturated carbocycles. The van der Waals surface area contributed by atoms with E-state index in [9.17, 15) is 0 Å². The van der Waals surface area contributed by atoms with Crippen molar-refractivity contribution in [2.24, 2.45) is 0 Å². The van der Waals surface area contributed by atoms with Crippen molar-refractivity contribution in [3.8, 4) is 0 Å². The Morgan fingerprint density at radius 2 is 1.88 bits per heavy atom. The molecule has 1 heterocycles. The molecule has 1 fully saturated rings. The van der Waals surface area contributed by atoms with E-state index in [-0.39, 0.29) is 0 Å². The minimum absolute atomic E-state index is 0.516. The fourth-order valence-corrected chi connectivity index (χ4v) is 2.64. The maximum atomic E-state index is 3.60. The predicted octanol–water partition coefficient (Wildman–Crippen LogP) is 2.82. The molecule has 94 valence electrons. The van der Waals surface area contributed by atoms with Crippen LogP contribution in [0.15, 0.2) is 30.3 Å². The highest BCUT2D eigenvalue weighted by Crippen LogP contribution is 2.18. The van der Waals surface area contributed by atoms with Gasteiger partial charge in [0, 0.05) is 6.04 Å². The Morgan fingerprint density at radius 1 is 1.18 bits per heavy atom. The summed E-state index contributed by atoms with van der Waals surface area (Å²) in [6.07, 6.45) is 3.99. The number of benzene rings is 1. The lowest BCUT2D eigenvalue weighted by atomic mass is 10.0. The highest BCUT2D eigenvalue weighted by Gasteiger charge is 2.15. The van der Waals surface area contributed by atoms with E-state index in [1.807, 2.05) is 0 Å². The quantitative estimate of drug-likeness (QED) is 0.811. The van der Waals surface area contributed by atoms with Crippen LogP contribution in [0.5, 0.6) is 0 Å². The molecule has 1 aromatic carbocycles. The first kappa shape index (κ1) is 12.6. The third kappa shape index (κ3) is 3.83. The monoisotopic (exact) mass is 232 g/mol. The summed E-state index contributed by atoms with van der Waals surface area (Å²) in [7, 11) is 0. The summed E-state index contributed by atoms with van der Waals surface area (Å²) in [5.41, 5.74) is 1.42.